The van der Waals surface area contributed by atoms with Crippen molar-refractivity contribution in [2.45, 2.75) is 58.4 Å². The molecule has 1 rings (SSSR count). The number of hydrogen-bond acceptors (Lipinski definition) is 1. The fourth-order valence-corrected chi connectivity index (χ4v) is 2.45. The average Bonchev–Trinajstić information content (AvgIpc) is 2.26. The fraction of sp³-hybridized carbons (Fsp3) is 0.846. The summed E-state index contributed by atoms with van der Waals surface area (Å²) >= 11 is 0. The zero-order valence-corrected chi connectivity index (χ0v) is 9.60. The second-order valence-electron chi connectivity index (χ2n) is 4.22. The summed E-state index contributed by atoms with van der Waals surface area (Å²) < 4.78 is 0. The van der Waals surface area contributed by atoms with Crippen LogP contribution in [0.3, 0.4) is 0 Å². The summed E-state index contributed by atoms with van der Waals surface area (Å²) in [7, 11) is 0. The van der Waals surface area contributed by atoms with Crippen molar-refractivity contribution in [2.75, 3.05) is 6.54 Å². The fourth-order valence-electron chi connectivity index (χ4n) is 2.45. The molecular weight excluding hydrogens is 170 g/mol. The monoisotopic (exact) mass is 193 g/mol. The summed E-state index contributed by atoms with van der Waals surface area (Å²) in [5.74, 6) is 6.94. The van der Waals surface area contributed by atoms with Crippen LogP contribution in [0.25, 0.3) is 0 Å². The maximum atomic E-state index is 3.57. The lowest BCUT2D eigenvalue weighted by Gasteiger charge is -2.29. The van der Waals surface area contributed by atoms with Crippen molar-refractivity contribution >= 4 is 0 Å². The smallest absolute Gasteiger partial charge is 0.0578 e. The Kier molecular flexibility index (Phi) is 5.71. The molecular formula is C13H23N. The Bertz CT molecular complexity index is 193. The third kappa shape index (κ3) is 3.72. The van der Waals surface area contributed by atoms with Crippen LogP contribution in [-0.2, 0) is 0 Å². The van der Waals surface area contributed by atoms with E-state index < -0.39 is 0 Å². The van der Waals surface area contributed by atoms with E-state index in [-0.39, 0.29) is 0 Å². The SMILES string of the molecule is CC#CCNC(CC)C1CCCCC1. The van der Waals surface area contributed by atoms with Gasteiger partial charge in [-0.3, -0.25) is 0 Å². The van der Waals surface area contributed by atoms with E-state index in [4.69, 9.17) is 0 Å². The van der Waals surface area contributed by atoms with Crippen LogP contribution in [0.1, 0.15) is 52.4 Å². The first kappa shape index (κ1) is 11.6. The van der Waals surface area contributed by atoms with E-state index in [1.54, 1.807) is 0 Å². The second-order valence-corrected chi connectivity index (χ2v) is 4.22. The molecule has 0 aliphatic heterocycles. The van der Waals surface area contributed by atoms with Crippen LogP contribution >= 0.6 is 0 Å². The van der Waals surface area contributed by atoms with Gasteiger partial charge in [-0.05, 0) is 32.1 Å². The summed E-state index contributed by atoms with van der Waals surface area (Å²) in [5.41, 5.74) is 0. The molecule has 0 amide bonds. The van der Waals surface area contributed by atoms with Gasteiger partial charge in [-0.2, -0.15) is 0 Å². The summed E-state index contributed by atoms with van der Waals surface area (Å²) in [6.07, 6.45) is 8.40. The first-order valence-corrected chi connectivity index (χ1v) is 6.01. The lowest BCUT2D eigenvalue weighted by Crippen LogP contribution is -2.36. The van der Waals surface area contributed by atoms with Crippen LogP contribution in [0.15, 0.2) is 0 Å². The molecule has 1 aliphatic carbocycles. The van der Waals surface area contributed by atoms with Gasteiger partial charge >= 0.3 is 0 Å². The molecule has 0 aromatic carbocycles. The van der Waals surface area contributed by atoms with E-state index >= 15 is 0 Å². The van der Waals surface area contributed by atoms with Gasteiger partial charge in [-0.25, -0.2) is 0 Å². The van der Waals surface area contributed by atoms with Crippen LogP contribution in [0.2, 0.25) is 0 Å². The van der Waals surface area contributed by atoms with Gasteiger partial charge in [-0.15, -0.1) is 5.92 Å². The molecule has 14 heavy (non-hydrogen) atoms. The largest absolute Gasteiger partial charge is 0.303 e. The Morgan fingerprint density at radius 1 is 1.29 bits per heavy atom. The lowest BCUT2D eigenvalue weighted by molar-refractivity contribution is 0.269. The number of rotatable bonds is 4. The van der Waals surface area contributed by atoms with Crippen LogP contribution < -0.4 is 5.32 Å². The van der Waals surface area contributed by atoms with Crippen LogP contribution in [0, 0.1) is 17.8 Å². The quantitative estimate of drug-likeness (QED) is 0.677. The third-order valence-electron chi connectivity index (χ3n) is 3.29. The Balaban J connectivity index is 2.30. The van der Waals surface area contributed by atoms with Crippen molar-refractivity contribution < 1.29 is 0 Å². The highest BCUT2D eigenvalue weighted by Crippen LogP contribution is 2.27. The predicted molar refractivity (Wildman–Crippen MR) is 62.1 cm³/mol. The van der Waals surface area contributed by atoms with Crippen molar-refractivity contribution in [3.63, 3.8) is 0 Å². The highest BCUT2D eigenvalue weighted by atomic mass is 14.9. The van der Waals surface area contributed by atoms with Gasteiger partial charge in [-0.1, -0.05) is 32.1 Å². The van der Waals surface area contributed by atoms with E-state index in [1.165, 1.54) is 38.5 Å². The second kappa shape index (κ2) is 6.90. The third-order valence-corrected chi connectivity index (χ3v) is 3.29. The average molecular weight is 193 g/mol. The maximum Gasteiger partial charge on any atom is 0.0578 e. The molecule has 0 heterocycles. The van der Waals surface area contributed by atoms with E-state index in [1.807, 2.05) is 6.92 Å². The maximum absolute atomic E-state index is 3.57. The van der Waals surface area contributed by atoms with Gasteiger partial charge in [0, 0.05) is 6.04 Å². The van der Waals surface area contributed by atoms with Crippen molar-refractivity contribution in [1.82, 2.24) is 5.32 Å². The molecule has 0 radical (unpaired) electrons. The van der Waals surface area contributed by atoms with Crippen molar-refractivity contribution in [1.29, 1.82) is 0 Å². The summed E-state index contributed by atoms with van der Waals surface area (Å²) in [5, 5.41) is 3.57. The summed E-state index contributed by atoms with van der Waals surface area (Å²) in [4.78, 5) is 0. The van der Waals surface area contributed by atoms with Crippen LogP contribution in [-0.4, -0.2) is 12.6 Å². The first-order valence-electron chi connectivity index (χ1n) is 6.01. The number of nitrogens with one attached hydrogen (secondary N) is 1. The Morgan fingerprint density at radius 3 is 2.57 bits per heavy atom. The molecule has 0 saturated heterocycles. The van der Waals surface area contributed by atoms with Crippen LogP contribution in [0.5, 0.6) is 0 Å². The first-order chi connectivity index (χ1) is 6.88. The Morgan fingerprint density at radius 2 is 2.00 bits per heavy atom. The summed E-state index contributed by atoms with van der Waals surface area (Å²) in [6.45, 7) is 5.06. The normalized spacial score (nSPS) is 19.9. The molecule has 0 aromatic heterocycles. The molecule has 0 spiro atoms. The highest BCUT2D eigenvalue weighted by molar-refractivity contribution is 4.98. The molecule has 1 fully saturated rings. The molecule has 0 bridgehead atoms. The van der Waals surface area contributed by atoms with E-state index in [0.717, 1.165) is 12.5 Å². The van der Waals surface area contributed by atoms with Crippen LogP contribution in [0.4, 0.5) is 0 Å². The van der Waals surface area contributed by atoms with Gasteiger partial charge in [0.1, 0.15) is 0 Å². The van der Waals surface area contributed by atoms with Gasteiger partial charge in [0.05, 0.1) is 6.54 Å². The minimum absolute atomic E-state index is 0.705. The van der Waals surface area contributed by atoms with Crippen molar-refractivity contribution in [2.24, 2.45) is 5.92 Å². The Labute approximate surface area is 88.7 Å². The topological polar surface area (TPSA) is 12.0 Å². The molecule has 1 heteroatoms. The molecule has 1 N–H and O–H groups in total. The van der Waals surface area contributed by atoms with Gasteiger partial charge in [0.2, 0.25) is 0 Å². The number of hydrogen-bond donors (Lipinski definition) is 1. The zero-order chi connectivity index (χ0) is 10.2. The van der Waals surface area contributed by atoms with Crippen molar-refractivity contribution in [3.8, 4) is 11.8 Å². The van der Waals surface area contributed by atoms with Gasteiger partial charge in [0.15, 0.2) is 0 Å². The minimum Gasteiger partial charge on any atom is -0.303 e. The molecule has 1 nitrogen and oxygen atoms in total. The predicted octanol–water partition coefficient (Wildman–Crippen LogP) is 2.96. The van der Waals surface area contributed by atoms with E-state index in [9.17, 15) is 0 Å². The van der Waals surface area contributed by atoms with Gasteiger partial charge in [0.25, 0.3) is 0 Å². The minimum atomic E-state index is 0.705. The molecule has 1 unspecified atom stereocenters. The zero-order valence-electron chi connectivity index (χ0n) is 9.60. The van der Waals surface area contributed by atoms with Gasteiger partial charge < -0.3 is 5.32 Å². The molecule has 1 atom stereocenters. The summed E-state index contributed by atoms with van der Waals surface area (Å²) in [6, 6.07) is 0.705. The lowest BCUT2D eigenvalue weighted by atomic mass is 9.83. The van der Waals surface area contributed by atoms with E-state index in [2.05, 4.69) is 24.1 Å². The van der Waals surface area contributed by atoms with E-state index in [0.29, 0.717) is 6.04 Å². The molecule has 1 saturated carbocycles. The highest BCUT2D eigenvalue weighted by Gasteiger charge is 2.21. The Hall–Kier alpha value is -0.480. The standard InChI is InChI=1S/C13H23N/c1-3-5-11-14-13(4-2)12-9-7-6-8-10-12/h12-14H,4,6-11H2,1-2H3. The molecule has 0 aromatic rings. The van der Waals surface area contributed by atoms with Crippen molar-refractivity contribution in [3.05, 3.63) is 0 Å². The molecule has 1 aliphatic rings. The molecule has 80 valence electrons.